The van der Waals surface area contributed by atoms with Gasteiger partial charge >= 0.3 is 12.2 Å². The number of thioether (sulfide) groups is 1. The highest BCUT2D eigenvalue weighted by molar-refractivity contribution is 14.1. The van der Waals surface area contributed by atoms with Crippen LogP contribution in [0.3, 0.4) is 0 Å². The molecule has 0 spiro atoms. The molecule has 2 aromatic rings. The molecule has 1 aromatic carbocycles. The topological polar surface area (TPSA) is 107 Å². The first-order valence-corrected chi connectivity index (χ1v) is 14.4. The van der Waals surface area contributed by atoms with Crippen molar-refractivity contribution in [2.75, 3.05) is 17.7 Å². The van der Waals surface area contributed by atoms with Crippen LogP contribution in [-0.4, -0.2) is 57.7 Å². The maximum absolute atomic E-state index is 15.7. The summed E-state index contributed by atoms with van der Waals surface area (Å²) in [5.74, 6) is -0.630. The minimum absolute atomic E-state index is 0.0614. The van der Waals surface area contributed by atoms with Crippen molar-refractivity contribution in [2.45, 2.75) is 62.7 Å². The average molecular weight is 691 g/mol. The van der Waals surface area contributed by atoms with Gasteiger partial charge in [-0.3, -0.25) is 4.90 Å². The fourth-order valence-corrected chi connectivity index (χ4v) is 7.23. The van der Waals surface area contributed by atoms with Gasteiger partial charge in [0.05, 0.1) is 31.9 Å². The van der Waals surface area contributed by atoms with Gasteiger partial charge < -0.3 is 14.7 Å². The van der Waals surface area contributed by atoms with Gasteiger partial charge in [-0.15, -0.1) is 11.8 Å². The molecule has 2 unspecified atom stereocenters. The largest absolute Gasteiger partial charge is 0.465 e. The van der Waals surface area contributed by atoms with E-state index in [0.29, 0.717) is 44.6 Å². The molecular formula is C24H25BrFIN4O4S. The second-order valence-corrected chi connectivity index (χ2v) is 12.5. The zero-order chi connectivity index (χ0) is 26.5. The molecule has 0 radical (unpaired) electrons. The summed E-state index contributed by atoms with van der Waals surface area (Å²) in [6.45, 7) is 5.62. The number of aromatic nitrogens is 1. The predicted octanol–water partition coefficient (Wildman–Crippen LogP) is 6.41. The molecule has 1 saturated carbocycles. The number of amides is 2. The molecule has 1 aromatic heterocycles. The van der Waals surface area contributed by atoms with E-state index >= 15 is 4.39 Å². The lowest BCUT2D eigenvalue weighted by Gasteiger charge is -2.44. The Morgan fingerprint density at radius 2 is 2.17 bits per heavy atom. The van der Waals surface area contributed by atoms with Gasteiger partial charge in [0.2, 0.25) is 0 Å². The van der Waals surface area contributed by atoms with Gasteiger partial charge in [0, 0.05) is 24.3 Å². The van der Waals surface area contributed by atoms with E-state index in [9.17, 15) is 14.7 Å². The molecular weight excluding hydrogens is 666 g/mol. The van der Waals surface area contributed by atoms with Crippen molar-refractivity contribution < 1.29 is 23.8 Å². The SMILES string of the molecule is CSc1nc2c(F)c(Br)c(CCC#N)cc2c(N(C(=O)OC(C)(C)C)[C@H]2C3CC2N(C(=O)O)C3)c1I. The van der Waals surface area contributed by atoms with Crippen LogP contribution in [0.25, 0.3) is 10.9 Å². The van der Waals surface area contributed by atoms with Crippen LogP contribution in [0.5, 0.6) is 0 Å². The highest BCUT2D eigenvalue weighted by Gasteiger charge is 2.58. The number of anilines is 1. The zero-order valence-corrected chi connectivity index (χ0v) is 24.7. The molecule has 1 N–H and O–H groups in total. The van der Waals surface area contributed by atoms with Crippen molar-refractivity contribution in [1.82, 2.24) is 9.88 Å². The number of fused-ring (bicyclic) bond motifs is 2. The standard InChI is InChI=1S/C24H25BrFIN4O4S/c1-24(2,3)35-23(34)31(19-12-9-14(19)30(10-12)22(32)33)20-13-8-11(6-5-7-28)15(25)16(26)18(13)29-21(36-4)17(20)27/h8,12,14,19H,5-6,9-10H2,1-4H3,(H,32,33)/t12?,14?,19-/m0/s1. The first-order valence-electron chi connectivity index (χ1n) is 11.3. The van der Waals surface area contributed by atoms with Crippen LogP contribution in [0.1, 0.15) is 39.2 Å². The number of carbonyl (C=O) groups excluding carboxylic acids is 1. The van der Waals surface area contributed by atoms with Crippen molar-refractivity contribution in [2.24, 2.45) is 5.92 Å². The van der Waals surface area contributed by atoms with Gasteiger partial charge in [0.1, 0.15) is 16.1 Å². The predicted molar refractivity (Wildman–Crippen MR) is 147 cm³/mol. The van der Waals surface area contributed by atoms with E-state index in [2.05, 4.69) is 49.6 Å². The van der Waals surface area contributed by atoms with E-state index in [4.69, 9.17) is 10.00 Å². The van der Waals surface area contributed by atoms with E-state index in [1.807, 2.05) is 6.26 Å². The summed E-state index contributed by atoms with van der Waals surface area (Å²) in [4.78, 5) is 33.0. The molecule has 12 heteroatoms. The maximum atomic E-state index is 15.7. The average Bonchev–Trinajstić information content (AvgIpc) is 3.39. The lowest BCUT2D eigenvalue weighted by Crippen LogP contribution is -2.58. The Labute approximate surface area is 234 Å². The van der Waals surface area contributed by atoms with Gasteiger partial charge in [-0.05, 0) is 90.0 Å². The second-order valence-electron chi connectivity index (χ2n) is 9.84. The number of carbonyl (C=O) groups is 2. The Bertz CT molecular complexity index is 1300. The molecule has 2 bridgehead atoms. The number of ether oxygens (including phenoxy) is 1. The van der Waals surface area contributed by atoms with E-state index in [0.717, 1.165) is 0 Å². The third-order valence-corrected chi connectivity index (χ3v) is 9.38. The molecule has 192 valence electrons. The molecule has 36 heavy (non-hydrogen) atoms. The summed E-state index contributed by atoms with van der Waals surface area (Å²) in [6.07, 6.45) is 1.35. The van der Waals surface area contributed by atoms with E-state index < -0.39 is 29.6 Å². The Hall–Kier alpha value is -1.85. The highest BCUT2D eigenvalue weighted by Crippen LogP contribution is 2.49. The maximum Gasteiger partial charge on any atom is 0.415 e. The number of carboxylic acid groups (broad SMARTS) is 1. The number of rotatable bonds is 5. The van der Waals surface area contributed by atoms with E-state index in [-0.39, 0.29) is 28.4 Å². The lowest BCUT2D eigenvalue weighted by atomic mass is 9.78. The minimum atomic E-state index is -1.03. The van der Waals surface area contributed by atoms with Crippen molar-refractivity contribution in [3.63, 3.8) is 0 Å². The summed E-state index contributed by atoms with van der Waals surface area (Å²) < 4.78 is 22.3. The smallest absolute Gasteiger partial charge is 0.415 e. The summed E-state index contributed by atoms with van der Waals surface area (Å²) >= 11 is 6.77. The Morgan fingerprint density at radius 1 is 1.47 bits per heavy atom. The fourth-order valence-electron chi connectivity index (χ4n) is 4.94. The number of benzene rings is 1. The number of aryl methyl sites for hydroxylation is 1. The van der Waals surface area contributed by atoms with Crippen LogP contribution < -0.4 is 4.90 Å². The number of hydrogen-bond acceptors (Lipinski definition) is 6. The van der Waals surface area contributed by atoms with Gasteiger partial charge in [0.15, 0.2) is 5.82 Å². The first-order chi connectivity index (χ1) is 16.9. The normalized spacial score (nSPS) is 20.7. The lowest BCUT2D eigenvalue weighted by molar-refractivity contribution is 0.0517. The summed E-state index contributed by atoms with van der Waals surface area (Å²) in [5, 5.41) is 19.7. The monoisotopic (exact) mass is 690 g/mol. The third kappa shape index (κ3) is 4.74. The van der Waals surface area contributed by atoms with Gasteiger partial charge in [-0.1, -0.05) is 0 Å². The van der Waals surface area contributed by atoms with Crippen LogP contribution in [0, 0.1) is 26.6 Å². The minimum Gasteiger partial charge on any atom is -0.465 e. The Balaban J connectivity index is 1.99. The van der Waals surface area contributed by atoms with Crippen molar-refractivity contribution in [1.29, 1.82) is 5.26 Å². The van der Waals surface area contributed by atoms with Crippen LogP contribution >= 0.6 is 50.3 Å². The molecule has 3 aliphatic rings. The molecule has 1 aliphatic carbocycles. The van der Waals surface area contributed by atoms with Crippen LogP contribution in [0.2, 0.25) is 0 Å². The molecule has 2 saturated heterocycles. The first kappa shape index (κ1) is 27.2. The van der Waals surface area contributed by atoms with Gasteiger partial charge in [-0.2, -0.15) is 5.26 Å². The summed E-state index contributed by atoms with van der Waals surface area (Å²) in [5.41, 5.74) is 0.339. The number of hydrogen-bond donors (Lipinski definition) is 1. The molecule has 8 nitrogen and oxygen atoms in total. The second kappa shape index (κ2) is 10.1. The third-order valence-electron chi connectivity index (χ3n) is 6.45. The number of nitrogens with zero attached hydrogens (tertiary/aromatic N) is 4. The van der Waals surface area contributed by atoms with Crippen LogP contribution in [0.15, 0.2) is 15.6 Å². The summed E-state index contributed by atoms with van der Waals surface area (Å²) in [6, 6.07) is 3.02. The number of halogens is 3. The number of nitriles is 1. The van der Waals surface area contributed by atoms with Crippen molar-refractivity contribution in [3.8, 4) is 6.07 Å². The molecule has 2 amide bonds. The van der Waals surface area contributed by atoms with Gasteiger partial charge in [-0.25, -0.2) is 19.0 Å². The van der Waals surface area contributed by atoms with Crippen molar-refractivity contribution in [3.05, 3.63) is 25.5 Å². The van der Waals surface area contributed by atoms with Crippen LogP contribution in [0.4, 0.5) is 19.7 Å². The van der Waals surface area contributed by atoms with E-state index in [1.54, 1.807) is 26.8 Å². The van der Waals surface area contributed by atoms with Crippen molar-refractivity contribution >= 4 is 79.1 Å². The molecule has 2 aliphatic heterocycles. The van der Waals surface area contributed by atoms with Crippen LogP contribution in [-0.2, 0) is 11.2 Å². The molecule has 5 rings (SSSR count). The van der Waals surface area contributed by atoms with E-state index in [1.165, 1.54) is 21.6 Å². The molecule has 3 fully saturated rings. The summed E-state index contributed by atoms with van der Waals surface area (Å²) in [7, 11) is 0. The number of pyridine rings is 1. The quantitative estimate of drug-likeness (QED) is 0.285. The van der Waals surface area contributed by atoms with Gasteiger partial charge in [0.25, 0.3) is 0 Å². The molecule has 3 atom stereocenters. The highest BCUT2D eigenvalue weighted by atomic mass is 127. The fraction of sp³-hybridized carbons (Fsp3) is 0.500. The molecule has 3 heterocycles. The zero-order valence-electron chi connectivity index (χ0n) is 20.1. The Morgan fingerprint density at radius 3 is 2.72 bits per heavy atom. The Kier molecular flexibility index (Phi) is 7.65.